The van der Waals surface area contributed by atoms with Gasteiger partial charge < -0.3 is 20.1 Å². The normalized spacial score (nSPS) is 22.8. The molecule has 2 aliphatic heterocycles. The Hall–Kier alpha value is -3.58. The molecule has 3 aromatic rings. The first-order valence-corrected chi connectivity index (χ1v) is 11.6. The molecule has 1 amide bonds. The SMILES string of the molecule is COc1cccc2c1O[C@@]1(C)[C@@H](C(=O)Nc3ccc(C)cc3C)[C@H]2NC(=S)N1c1ccccc1. The van der Waals surface area contributed by atoms with E-state index in [2.05, 4.69) is 16.7 Å². The minimum absolute atomic E-state index is 0.149. The molecule has 3 atom stereocenters. The van der Waals surface area contributed by atoms with Gasteiger partial charge in [0.15, 0.2) is 22.3 Å². The van der Waals surface area contributed by atoms with Crippen molar-refractivity contribution >= 4 is 34.6 Å². The fraction of sp³-hybridized carbons (Fsp3) is 0.259. The molecule has 2 heterocycles. The first-order chi connectivity index (χ1) is 16.3. The monoisotopic (exact) mass is 473 g/mol. The van der Waals surface area contributed by atoms with E-state index in [0.29, 0.717) is 16.6 Å². The number of thiocarbonyl (C=S) groups is 1. The predicted octanol–water partition coefficient (Wildman–Crippen LogP) is 5.11. The molecule has 1 saturated heterocycles. The summed E-state index contributed by atoms with van der Waals surface area (Å²) < 4.78 is 12.3. The highest BCUT2D eigenvalue weighted by Gasteiger charge is 2.59. The van der Waals surface area contributed by atoms with Crippen LogP contribution < -0.4 is 25.0 Å². The molecular weight excluding hydrogens is 446 g/mol. The number of para-hydroxylation sites is 2. The van der Waals surface area contributed by atoms with Gasteiger partial charge in [0.25, 0.3) is 0 Å². The van der Waals surface area contributed by atoms with Crippen LogP contribution in [0.2, 0.25) is 0 Å². The number of rotatable bonds is 4. The van der Waals surface area contributed by atoms with Crippen LogP contribution in [0.3, 0.4) is 0 Å². The van der Waals surface area contributed by atoms with E-state index in [-0.39, 0.29) is 11.9 Å². The Balaban J connectivity index is 1.64. The Kier molecular flexibility index (Phi) is 5.44. The first kappa shape index (κ1) is 22.2. The van der Waals surface area contributed by atoms with Gasteiger partial charge in [-0.3, -0.25) is 9.69 Å². The van der Waals surface area contributed by atoms with Crippen molar-refractivity contribution in [2.75, 3.05) is 17.3 Å². The van der Waals surface area contributed by atoms with E-state index >= 15 is 0 Å². The number of anilines is 2. The zero-order chi connectivity index (χ0) is 24.0. The average molecular weight is 474 g/mol. The Morgan fingerprint density at radius 3 is 2.59 bits per heavy atom. The molecule has 6 nitrogen and oxygen atoms in total. The molecule has 0 radical (unpaired) electrons. The van der Waals surface area contributed by atoms with Crippen molar-refractivity contribution in [1.82, 2.24) is 5.32 Å². The minimum atomic E-state index is -1.10. The number of benzene rings is 3. The molecule has 174 valence electrons. The molecule has 7 heteroatoms. The van der Waals surface area contributed by atoms with Crippen molar-refractivity contribution in [2.45, 2.75) is 32.5 Å². The number of hydrogen-bond donors (Lipinski definition) is 2. The number of ether oxygens (including phenoxy) is 2. The second-order valence-electron chi connectivity index (χ2n) is 8.92. The zero-order valence-corrected chi connectivity index (χ0v) is 20.4. The number of nitrogens with one attached hydrogen (secondary N) is 2. The van der Waals surface area contributed by atoms with Crippen molar-refractivity contribution in [3.8, 4) is 11.5 Å². The van der Waals surface area contributed by atoms with Crippen LogP contribution in [-0.4, -0.2) is 23.9 Å². The maximum absolute atomic E-state index is 13.9. The van der Waals surface area contributed by atoms with Gasteiger partial charge in [0.05, 0.1) is 13.2 Å². The Morgan fingerprint density at radius 1 is 1.12 bits per heavy atom. The highest BCUT2D eigenvalue weighted by molar-refractivity contribution is 7.80. The third-order valence-corrected chi connectivity index (χ3v) is 6.95. The van der Waals surface area contributed by atoms with Crippen LogP contribution in [-0.2, 0) is 4.79 Å². The van der Waals surface area contributed by atoms with Gasteiger partial charge in [-0.2, -0.15) is 0 Å². The smallest absolute Gasteiger partial charge is 0.236 e. The van der Waals surface area contributed by atoms with Crippen molar-refractivity contribution in [1.29, 1.82) is 0 Å². The molecular formula is C27H27N3O3S. The Labute approximate surface area is 204 Å². The molecule has 0 spiro atoms. The maximum Gasteiger partial charge on any atom is 0.236 e. The van der Waals surface area contributed by atoms with Gasteiger partial charge >= 0.3 is 0 Å². The lowest BCUT2D eigenvalue weighted by Gasteiger charge is -2.56. The van der Waals surface area contributed by atoms with Crippen LogP contribution in [0.15, 0.2) is 66.7 Å². The van der Waals surface area contributed by atoms with Crippen LogP contribution >= 0.6 is 12.2 Å². The molecule has 0 aromatic heterocycles. The summed E-state index contributed by atoms with van der Waals surface area (Å²) in [5.74, 6) is 0.470. The first-order valence-electron chi connectivity index (χ1n) is 11.2. The summed E-state index contributed by atoms with van der Waals surface area (Å²) in [6.07, 6.45) is 0. The molecule has 3 aromatic carbocycles. The number of fused-ring (bicyclic) bond motifs is 4. The number of aryl methyl sites for hydroxylation is 2. The van der Waals surface area contributed by atoms with Crippen molar-refractivity contribution in [3.63, 3.8) is 0 Å². The summed E-state index contributed by atoms with van der Waals surface area (Å²) in [6, 6.07) is 21.1. The molecule has 0 unspecified atom stereocenters. The molecule has 0 aliphatic carbocycles. The van der Waals surface area contributed by atoms with Crippen LogP contribution in [0, 0.1) is 19.8 Å². The van der Waals surface area contributed by atoms with Crippen LogP contribution in [0.25, 0.3) is 0 Å². The number of hydrogen-bond acceptors (Lipinski definition) is 4. The highest BCUT2D eigenvalue weighted by Crippen LogP contribution is 2.52. The second-order valence-corrected chi connectivity index (χ2v) is 9.31. The van der Waals surface area contributed by atoms with Crippen molar-refractivity contribution < 1.29 is 14.3 Å². The van der Waals surface area contributed by atoms with Crippen LogP contribution in [0.1, 0.15) is 29.7 Å². The quantitative estimate of drug-likeness (QED) is 0.514. The number of carbonyl (C=O) groups excluding carboxylic acids is 1. The highest BCUT2D eigenvalue weighted by atomic mass is 32.1. The molecule has 2 bridgehead atoms. The van der Waals surface area contributed by atoms with Crippen LogP contribution in [0.5, 0.6) is 11.5 Å². The third kappa shape index (κ3) is 3.47. The maximum atomic E-state index is 13.9. The van der Waals surface area contributed by atoms with Gasteiger partial charge in [-0.15, -0.1) is 0 Å². The lowest BCUT2D eigenvalue weighted by Crippen LogP contribution is -2.72. The largest absolute Gasteiger partial charge is 0.493 e. The lowest BCUT2D eigenvalue weighted by molar-refractivity contribution is -0.130. The number of amides is 1. The van der Waals surface area contributed by atoms with Gasteiger partial charge in [-0.25, -0.2) is 0 Å². The average Bonchev–Trinajstić information content (AvgIpc) is 2.80. The van der Waals surface area contributed by atoms with E-state index in [4.69, 9.17) is 21.7 Å². The standard InChI is InChI=1S/C27H27N3O3S/c1-16-13-14-20(17(2)15-16)28-25(31)22-23-19-11-8-12-21(32-4)24(19)33-27(22,3)30(26(34)29-23)18-9-6-5-7-10-18/h5-15,22-23H,1-4H3,(H,28,31)(H,29,34)/t22-,23+,27+/m1/s1. The van der Waals surface area contributed by atoms with Crippen molar-refractivity contribution in [3.05, 3.63) is 83.4 Å². The molecule has 2 aliphatic rings. The van der Waals surface area contributed by atoms with E-state index in [1.54, 1.807) is 7.11 Å². The van der Waals surface area contributed by atoms with Gasteiger partial charge in [0.2, 0.25) is 5.91 Å². The van der Waals surface area contributed by atoms with Gasteiger partial charge in [-0.05, 0) is 62.8 Å². The Bertz CT molecular complexity index is 1280. The zero-order valence-electron chi connectivity index (χ0n) is 19.6. The summed E-state index contributed by atoms with van der Waals surface area (Å²) in [7, 11) is 1.61. The molecule has 34 heavy (non-hydrogen) atoms. The fourth-order valence-electron chi connectivity index (χ4n) is 5.06. The number of nitrogens with zero attached hydrogens (tertiary/aromatic N) is 1. The summed E-state index contributed by atoms with van der Waals surface area (Å²) >= 11 is 5.80. The van der Waals surface area contributed by atoms with E-state index in [9.17, 15) is 4.79 Å². The van der Waals surface area contributed by atoms with Gasteiger partial charge in [0, 0.05) is 16.9 Å². The van der Waals surface area contributed by atoms with Gasteiger partial charge in [0.1, 0.15) is 5.92 Å². The van der Waals surface area contributed by atoms with E-state index in [0.717, 1.165) is 28.1 Å². The predicted molar refractivity (Wildman–Crippen MR) is 137 cm³/mol. The second kappa shape index (κ2) is 8.33. The number of methoxy groups -OCH3 is 1. The van der Waals surface area contributed by atoms with Gasteiger partial charge in [-0.1, -0.05) is 48.0 Å². The summed E-state index contributed by atoms with van der Waals surface area (Å²) in [5.41, 5.74) is 3.51. The number of carbonyl (C=O) groups is 1. The van der Waals surface area contributed by atoms with Crippen molar-refractivity contribution in [2.24, 2.45) is 5.92 Å². The molecule has 0 saturated carbocycles. The van der Waals surface area contributed by atoms with E-state index in [1.807, 2.05) is 86.3 Å². The minimum Gasteiger partial charge on any atom is -0.493 e. The molecule has 5 rings (SSSR count). The Morgan fingerprint density at radius 2 is 1.88 bits per heavy atom. The topological polar surface area (TPSA) is 62.8 Å². The van der Waals surface area contributed by atoms with E-state index in [1.165, 1.54) is 0 Å². The van der Waals surface area contributed by atoms with E-state index < -0.39 is 11.6 Å². The molecule has 2 N–H and O–H groups in total. The van der Waals surface area contributed by atoms with Crippen LogP contribution in [0.4, 0.5) is 11.4 Å². The fourth-order valence-corrected chi connectivity index (χ4v) is 5.47. The lowest BCUT2D eigenvalue weighted by atomic mass is 9.78. The summed E-state index contributed by atoms with van der Waals surface area (Å²) in [4.78, 5) is 15.8. The molecule has 1 fully saturated rings. The summed E-state index contributed by atoms with van der Waals surface area (Å²) in [5, 5.41) is 7.08. The third-order valence-electron chi connectivity index (χ3n) is 6.65. The summed E-state index contributed by atoms with van der Waals surface area (Å²) in [6.45, 7) is 5.94.